The van der Waals surface area contributed by atoms with E-state index < -0.39 is 5.95 Å². The van der Waals surface area contributed by atoms with Gasteiger partial charge in [-0.3, -0.25) is 0 Å². The molecule has 0 radical (unpaired) electrons. The summed E-state index contributed by atoms with van der Waals surface area (Å²) in [5.74, 6) is 0.524. The molecule has 1 aromatic heterocycles. The Morgan fingerprint density at radius 2 is 2.43 bits per heavy atom. The van der Waals surface area contributed by atoms with E-state index in [1.807, 2.05) is 4.90 Å². The molecule has 76 valence electrons. The number of hydrogen-bond acceptors (Lipinski definition) is 3. The van der Waals surface area contributed by atoms with E-state index in [1.165, 1.54) is 6.07 Å². The molecule has 1 saturated heterocycles. The predicted molar refractivity (Wildman–Crippen MR) is 51.6 cm³/mol. The van der Waals surface area contributed by atoms with Crippen LogP contribution in [0.4, 0.5) is 10.2 Å². The first-order valence-electron chi connectivity index (χ1n) is 4.78. The lowest BCUT2D eigenvalue weighted by atomic mass is 10.1. The van der Waals surface area contributed by atoms with Crippen LogP contribution in [0.1, 0.15) is 6.42 Å². The van der Waals surface area contributed by atoms with Gasteiger partial charge in [-0.25, -0.2) is 4.98 Å². The number of rotatable bonds is 2. The van der Waals surface area contributed by atoms with E-state index in [9.17, 15) is 4.39 Å². The van der Waals surface area contributed by atoms with Crippen LogP contribution in [0.3, 0.4) is 0 Å². The molecule has 2 heterocycles. The van der Waals surface area contributed by atoms with Gasteiger partial charge < -0.3 is 10.0 Å². The van der Waals surface area contributed by atoms with Crippen molar-refractivity contribution in [3.05, 3.63) is 24.1 Å². The van der Waals surface area contributed by atoms with Gasteiger partial charge in [0.05, 0.1) is 0 Å². The Hall–Kier alpha value is -1.16. The maximum atomic E-state index is 12.8. The monoisotopic (exact) mass is 196 g/mol. The fraction of sp³-hybridized carbons (Fsp3) is 0.500. The normalized spacial score (nSPS) is 21.6. The summed E-state index contributed by atoms with van der Waals surface area (Å²) in [4.78, 5) is 5.81. The Labute approximate surface area is 82.2 Å². The number of nitrogens with zero attached hydrogens (tertiary/aromatic N) is 2. The van der Waals surface area contributed by atoms with Crippen molar-refractivity contribution < 1.29 is 9.50 Å². The molecule has 1 N–H and O–H groups in total. The molecule has 0 aliphatic carbocycles. The van der Waals surface area contributed by atoms with Crippen LogP contribution in [-0.4, -0.2) is 29.8 Å². The number of aliphatic hydroxyl groups is 1. The lowest BCUT2D eigenvalue weighted by Crippen LogP contribution is -2.21. The maximum absolute atomic E-state index is 12.8. The minimum atomic E-state index is -0.449. The average Bonchev–Trinajstić information content (AvgIpc) is 2.66. The minimum absolute atomic E-state index is 0.200. The third-order valence-corrected chi connectivity index (χ3v) is 2.57. The molecule has 14 heavy (non-hydrogen) atoms. The van der Waals surface area contributed by atoms with Crippen molar-refractivity contribution in [2.45, 2.75) is 6.42 Å². The van der Waals surface area contributed by atoms with Crippen LogP contribution >= 0.6 is 0 Å². The fourth-order valence-corrected chi connectivity index (χ4v) is 1.76. The van der Waals surface area contributed by atoms with Crippen molar-refractivity contribution in [2.24, 2.45) is 5.92 Å². The zero-order valence-corrected chi connectivity index (χ0v) is 7.86. The maximum Gasteiger partial charge on any atom is 0.214 e. The Morgan fingerprint density at radius 3 is 3.07 bits per heavy atom. The van der Waals surface area contributed by atoms with Gasteiger partial charge in [-0.1, -0.05) is 6.07 Å². The van der Waals surface area contributed by atoms with E-state index in [4.69, 9.17) is 5.11 Å². The Bertz CT molecular complexity index is 319. The summed E-state index contributed by atoms with van der Waals surface area (Å²) in [6, 6.07) is 4.79. The molecule has 1 fully saturated rings. The smallest absolute Gasteiger partial charge is 0.214 e. The van der Waals surface area contributed by atoms with Gasteiger partial charge in [0.15, 0.2) is 0 Å². The lowest BCUT2D eigenvalue weighted by molar-refractivity contribution is 0.238. The molecule has 2 rings (SSSR count). The minimum Gasteiger partial charge on any atom is -0.396 e. The van der Waals surface area contributed by atoms with Crippen LogP contribution in [0.5, 0.6) is 0 Å². The molecule has 1 atom stereocenters. The van der Waals surface area contributed by atoms with Gasteiger partial charge in [0.25, 0.3) is 0 Å². The van der Waals surface area contributed by atoms with E-state index >= 15 is 0 Å². The van der Waals surface area contributed by atoms with Gasteiger partial charge in [0.2, 0.25) is 5.95 Å². The zero-order valence-electron chi connectivity index (χ0n) is 7.86. The molecule has 1 aromatic rings. The van der Waals surface area contributed by atoms with Crippen molar-refractivity contribution in [1.82, 2.24) is 4.98 Å². The quantitative estimate of drug-likeness (QED) is 0.718. The van der Waals surface area contributed by atoms with Crippen LogP contribution in [0.25, 0.3) is 0 Å². The number of aliphatic hydroxyl groups excluding tert-OH is 1. The highest BCUT2D eigenvalue weighted by atomic mass is 19.1. The molecular formula is C10H13FN2O. The summed E-state index contributed by atoms with van der Waals surface area (Å²) in [6.07, 6.45) is 0.953. The third kappa shape index (κ3) is 1.85. The van der Waals surface area contributed by atoms with Gasteiger partial charge in [0.1, 0.15) is 5.82 Å². The molecule has 0 spiro atoms. The topological polar surface area (TPSA) is 36.4 Å². The van der Waals surface area contributed by atoms with E-state index in [2.05, 4.69) is 4.98 Å². The van der Waals surface area contributed by atoms with Crippen LogP contribution < -0.4 is 4.90 Å². The van der Waals surface area contributed by atoms with Crippen molar-refractivity contribution in [3.8, 4) is 0 Å². The number of anilines is 1. The number of aromatic nitrogens is 1. The van der Waals surface area contributed by atoms with Crippen LogP contribution in [0.15, 0.2) is 18.2 Å². The van der Waals surface area contributed by atoms with Gasteiger partial charge in [-0.15, -0.1) is 0 Å². The van der Waals surface area contributed by atoms with E-state index in [0.29, 0.717) is 11.7 Å². The molecular weight excluding hydrogens is 183 g/mol. The number of halogens is 1. The second kappa shape index (κ2) is 3.92. The highest BCUT2D eigenvalue weighted by molar-refractivity contribution is 5.39. The largest absolute Gasteiger partial charge is 0.396 e. The molecule has 4 heteroatoms. The number of hydrogen-bond donors (Lipinski definition) is 1. The van der Waals surface area contributed by atoms with Gasteiger partial charge >= 0.3 is 0 Å². The molecule has 0 bridgehead atoms. The zero-order chi connectivity index (χ0) is 9.97. The van der Waals surface area contributed by atoms with Crippen molar-refractivity contribution in [1.29, 1.82) is 0 Å². The summed E-state index contributed by atoms with van der Waals surface area (Å²) >= 11 is 0. The summed E-state index contributed by atoms with van der Waals surface area (Å²) in [7, 11) is 0. The van der Waals surface area contributed by atoms with E-state index in [0.717, 1.165) is 19.5 Å². The second-order valence-electron chi connectivity index (χ2n) is 3.60. The highest BCUT2D eigenvalue weighted by Gasteiger charge is 2.22. The van der Waals surface area contributed by atoms with E-state index in [1.54, 1.807) is 12.1 Å². The fourth-order valence-electron chi connectivity index (χ4n) is 1.76. The predicted octanol–water partition coefficient (Wildman–Crippen LogP) is 1.04. The molecule has 0 aromatic carbocycles. The molecule has 0 saturated carbocycles. The first-order valence-corrected chi connectivity index (χ1v) is 4.78. The average molecular weight is 196 g/mol. The van der Waals surface area contributed by atoms with Gasteiger partial charge in [-0.2, -0.15) is 4.39 Å². The third-order valence-electron chi connectivity index (χ3n) is 2.57. The van der Waals surface area contributed by atoms with Crippen LogP contribution in [0, 0.1) is 11.9 Å². The van der Waals surface area contributed by atoms with Crippen molar-refractivity contribution in [2.75, 3.05) is 24.6 Å². The molecule has 0 amide bonds. The highest BCUT2D eigenvalue weighted by Crippen LogP contribution is 2.21. The summed E-state index contributed by atoms with van der Waals surface area (Å²) in [5, 5.41) is 8.96. The molecule has 1 aliphatic rings. The summed E-state index contributed by atoms with van der Waals surface area (Å²) in [5.41, 5.74) is 0. The molecule has 0 unspecified atom stereocenters. The molecule has 3 nitrogen and oxygen atoms in total. The second-order valence-corrected chi connectivity index (χ2v) is 3.60. The standard InChI is InChI=1S/C10H13FN2O/c11-9-2-1-3-10(12-9)13-5-4-8(6-13)7-14/h1-3,8,14H,4-7H2/t8-/m1/s1. The summed E-state index contributed by atoms with van der Waals surface area (Å²) in [6.45, 7) is 1.82. The van der Waals surface area contributed by atoms with E-state index in [-0.39, 0.29) is 6.61 Å². The molecule has 1 aliphatic heterocycles. The first kappa shape index (κ1) is 9.40. The van der Waals surface area contributed by atoms with Crippen LogP contribution in [-0.2, 0) is 0 Å². The van der Waals surface area contributed by atoms with Gasteiger partial charge in [0, 0.05) is 25.6 Å². The van der Waals surface area contributed by atoms with Crippen LogP contribution in [0.2, 0.25) is 0 Å². The lowest BCUT2D eigenvalue weighted by Gasteiger charge is -2.16. The van der Waals surface area contributed by atoms with Gasteiger partial charge in [-0.05, 0) is 18.6 Å². The summed E-state index contributed by atoms with van der Waals surface area (Å²) < 4.78 is 12.8. The van der Waals surface area contributed by atoms with Crippen molar-refractivity contribution >= 4 is 5.82 Å². The van der Waals surface area contributed by atoms with Crippen molar-refractivity contribution in [3.63, 3.8) is 0 Å². The Morgan fingerprint density at radius 1 is 1.57 bits per heavy atom. The SMILES string of the molecule is OC[C@@H]1CCN(c2cccc(F)n2)C1. The number of pyridine rings is 1. The Kier molecular flexibility index (Phi) is 2.63. The Balaban J connectivity index is 2.09. The first-order chi connectivity index (χ1) is 6.79.